The molecule has 0 unspecified atom stereocenters. The minimum atomic E-state index is -4.37. The summed E-state index contributed by atoms with van der Waals surface area (Å²) in [6, 6.07) is 12.4. The molecule has 0 bridgehead atoms. The summed E-state index contributed by atoms with van der Waals surface area (Å²) in [5.41, 5.74) is 1.06. The van der Waals surface area contributed by atoms with Gasteiger partial charge in [0.25, 0.3) is 0 Å². The molecule has 1 aromatic heterocycles. The molecular weight excluding hydrogens is 467 g/mol. The van der Waals surface area contributed by atoms with Crippen LogP contribution in [-0.4, -0.2) is 22.7 Å². The lowest BCUT2D eigenvalue weighted by Crippen LogP contribution is -2.46. The number of carboxylic acids is 1. The molecular formula is C25H24F3NO4S. The summed E-state index contributed by atoms with van der Waals surface area (Å²) in [6.45, 7) is 4.51. The van der Waals surface area contributed by atoms with Crippen LogP contribution in [0.25, 0.3) is 10.6 Å². The minimum Gasteiger partial charge on any atom is -0.488 e. The summed E-state index contributed by atoms with van der Waals surface area (Å²) in [6.07, 6.45) is -3.48. The van der Waals surface area contributed by atoms with Gasteiger partial charge in [-0.3, -0.25) is 4.79 Å². The molecule has 0 aliphatic heterocycles. The van der Waals surface area contributed by atoms with Gasteiger partial charge in [0.2, 0.25) is 0 Å². The van der Waals surface area contributed by atoms with Gasteiger partial charge in [-0.05, 0) is 56.5 Å². The number of thiazole rings is 1. The number of alkyl halides is 3. The summed E-state index contributed by atoms with van der Waals surface area (Å²) in [5, 5.41) is 9.86. The van der Waals surface area contributed by atoms with Crippen molar-refractivity contribution in [2.75, 3.05) is 6.61 Å². The number of halogens is 3. The third-order valence-electron chi connectivity index (χ3n) is 6.02. The van der Waals surface area contributed by atoms with Crippen LogP contribution >= 0.6 is 11.3 Å². The average molecular weight is 492 g/mol. The molecule has 0 spiro atoms. The SMILES string of the molecule is CCOC1(c2ccc(OCc3sc(-c4ccc(C(F)(F)F)cc4)nc3C)cc2)CC(C(=O)O)C1. The number of hydrogen-bond acceptors (Lipinski definition) is 5. The highest BCUT2D eigenvalue weighted by Gasteiger charge is 2.49. The van der Waals surface area contributed by atoms with E-state index in [0.29, 0.717) is 35.8 Å². The average Bonchev–Trinajstić information content (AvgIpc) is 3.15. The second kappa shape index (κ2) is 9.38. The van der Waals surface area contributed by atoms with E-state index in [1.807, 2.05) is 38.1 Å². The topological polar surface area (TPSA) is 68.7 Å². The standard InChI is InChI=1S/C25H24F3NO4S/c1-3-33-24(12-17(13-24)23(30)31)18-8-10-20(11-9-18)32-14-21-15(2)29-22(34-21)16-4-6-19(7-5-16)25(26,27)28/h4-11,17H,3,12-14H2,1-2H3,(H,30,31). The number of carbonyl (C=O) groups is 1. The van der Waals surface area contributed by atoms with E-state index in [2.05, 4.69) is 4.98 Å². The summed E-state index contributed by atoms with van der Waals surface area (Å²) >= 11 is 1.38. The number of aromatic nitrogens is 1. The van der Waals surface area contributed by atoms with Crippen LogP contribution in [0, 0.1) is 12.8 Å². The first-order valence-electron chi connectivity index (χ1n) is 10.9. The van der Waals surface area contributed by atoms with Gasteiger partial charge in [-0.25, -0.2) is 4.98 Å². The van der Waals surface area contributed by atoms with Gasteiger partial charge >= 0.3 is 12.1 Å². The second-order valence-corrected chi connectivity index (χ2v) is 9.37. The highest BCUT2D eigenvalue weighted by Crippen LogP contribution is 2.49. The van der Waals surface area contributed by atoms with Gasteiger partial charge in [-0.1, -0.05) is 24.3 Å². The van der Waals surface area contributed by atoms with Crippen LogP contribution in [0.4, 0.5) is 13.2 Å². The third-order valence-corrected chi connectivity index (χ3v) is 7.20. The molecule has 0 atom stereocenters. The molecule has 1 heterocycles. The fraction of sp³-hybridized carbons (Fsp3) is 0.360. The van der Waals surface area contributed by atoms with Gasteiger partial charge in [0.1, 0.15) is 17.4 Å². The van der Waals surface area contributed by atoms with E-state index < -0.39 is 29.2 Å². The van der Waals surface area contributed by atoms with Crippen molar-refractivity contribution < 1.29 is 32.5 Å². The molecule has 4 rings (SSSR count). The van der Waals surface area contributed by atoms with Crippen molar-refractivity contribution >= 4 is 17.3 Å². The summed E-state index contributed by atoms with van der Waals surface area (Å²) < 4.78 is 50.2. The van der Waals surface area contributed by atoms with E-state index in [0.717, 1.165) is 28.3 Å². The van der Waals surface area contributed by atoms with Crippen LogP contribution in [0.15, 0.2) is 48.5 Å². The van der Waals surface area contributed by atoms with Crippen molar-refractivity contribution in [3.8, 4) is 16.3 Å². The fourth-order valence-corrected chi connectivity index (χ4v) is 5.10. The predicted octanol–water partition coefficient (Wildman–Crippen LogP) is 6.44. The lowest BCUT2D eigenvalue weighted by Gasteiger charge is -2.45. The summed E-state index contributed by atoms with van der Waals surface area (Å²) in [4.78, 5) is 16.6. The van der Waals surface area contributed by atoms with Crippen LogP contribution in [0.2, 0.25) is 0 Å². The van der Waals surface area contributed by atoms with Gasteiger partial charge in [-0.2, -0.15) is 13.2 Å². The number of aliphatic carboxylic acids is 1. The third kappa shape index (κ3) is 4.95. The van der Waals surface area contributed by atoms with Gasteiger partial charge in [-0.15, -0.1) is 11.3 Å². The Morgan fingerprint density at radius 1 is 1.15 bits per heavy atom. The second-order valence-electron chi connectivity index (χ2n) is 8.29. The summed E-state index contributed by atoms with van der Waals surface area (Å²) in [7, 11) is 0. The first kappa shape index (κ1) is 24.2. The normalized spacial score (nSPS) is 20.1. The van der Waals surface area contributed by atoms with Crippen molar-refractivity contribution in [3.63, 3.8) is 0 Å². The lowest BCUT2D eigenvalue weighted by atomic mass is 9.67. The molecule has 0 amide bonds. The zero-order chi connectivity index (χ0) is 24.5. The van der Waals surface area contributed by atoms with Gasteiger partial charge < -0.3 is 14.6 Å². The maximum Gasteiger partial charge on any atom is 0.416 e. The number of carboxylic acid groups (broad SMARTS) is 1. The maximum absolute atomic E-state index is 12.8. The number of hydrogen-bond donors (Lipinski definition) is 1. The van der Waals surface area contributed by atoms with Crippen LogP contribution < -0.4 is 4.74 Å². The molecule has 1 aliphatic rings. The Balaban J connectivity index is 1.41. The molecule has 1 saturated carbocycles. The highest BCUT2D eigenvalue weighted by atomic mass is 32.1. The molecule has 9 heteroatoms. The van der Waals surface area contributed by atoms with Gasteiger partial charge in [0.15, 0.2) is 0 Å². The molecule has 180 valence electrons. The molecule has 1 aliphatic carbocycles. The van der Waals surface area contributed by atoms with Crippen LogP contribution in [0.3, 0.4) is 0 Å². The van der Waals surface area contributed by atoms with E-state index in [1.165, 1.54) is 23.5 Å². The van der Waals surface area contributed by atoms with Gasteiger partial charge in [0.05, 0.1) is 27.7 Å². The van der Waals surface area contributed by atoms with Crippen molar-refractivity contribution in [2.24, 2.45) is 5.92 Å². The summed E-state index contributed by atoms with van der Waals surface area (Å²) in [5.74, 6) is -0.546. The smallest absolute Gasteiger partial charge is 0.416 e. The largest absolute Gasteiger partial charge is 0.488 e. The Labute approximate surface area is 199 Å². The van der Waals surface area contributed by atoms with Crippen molar-refractivity contribution in [2.45, 2.75) is 45.1 Å². The molecule has 0 saturated heterocycles. The molecule has 1 N–H and O–H groups in total. The Bertz CT molecular complexity index is 1150. The first-order chi connectivity index (χ1) is 16.1. The number of aryl methyl sites for hydroxylation is 1. The van der Waals surface area contributed by atoms with E-state index in [4.69, 9.17) is 9.47 Å². The highest BCUT2D eigenvalue weighted by molar-refractivity contribution is 7.15. The van der Waals surface area contributed by atoms with Crippen LogP contribution in [0.5, 0.6) is 5.75 Å². The number of rotatable bonds is 8. The number of nitrogens with zero attached hydrogens (tertiary/aromatic N) is 1. The van der Waals surface area contributed by atoms with Crippen molar-refractivity contribution in [1.82, 2.24) is 4.98 Å². The molecule has 34 heavy (non-hydrogen) atoms. The van der Waals surface area contributed by atoms with Crippen molar-refractivity contribution in [1.29, 1.82) is 0 Å². The molecule has 3 aromatic rings. The molecule has 1 fully saturated rings. The first-order valence-corrected chi connectivity index (χ1v) is 11.7. The van der Waals surface area contributed by atoms with E-state index in [9.17, 15) is 23.1 Å². The van der Waals surface area contributed by atoms with Crippen molar-refractivity contribution in [3.05, 3.63) is 70.2 Å². The van der Waals surface area contributed by atoms with Crippen LogP contribution in [-0.2, 0) is 27.9 Å². The fourth-order valence-electron chi connectivity index (χ4n) is 4.12. The predicted molar refractivity (Wildman–Crippen MR) is 122 cm³/mol. The Kier molecular flexibility index (Phi) is 6.69. The lowest BCUT2D eigenvalue weighted by molar-refractivity contribution is -0.170. The quantitative estimate of drug-likeness (QED) is 0.393. The number of benzene rings is 2. The van der Waals surface area contributed by atoms with E-state index in [1.54, 1.807) is 0 Å². The zero-order valence-electron chi connectivity index (χ0n) is 18.7. The molecule has 0 radical (unpaired) electrons. The minimum absolute atomic E-state index is 0.279. The zero-order valence-corrected chi connectivity index (χ0v) is 19.5. The van der Waals surface area contributed by atoms with E-state index >= 15 is 0 Å². The monoisotopic (exact) mass is 491 g/mol. The number of ether oxygens (including phenoxy) is 2. The Hall–Kier alpha value is -2.91. The van der Waals surface area contributed by atoms with E-state index in [-0.39, 0.29) is 6.61 Å². The maximum atomic E-state index is 12.8. The molecule has 2 aromatic carbocycles. The van der Waals surface area contributed by atoms with Crippen LogP contribution in [0.1, 0.15) is 41.5 Å². The van der Waals surface area contributed by atoms with Gasteiger partial charge in [0, 0.05) is 12.2 Å². The Morgan fingerprint density at radius 2 is 1.79 bits per heavy atom. The Morgan fingerprint density at radius 3 is 2.35 bits per heavy atom. The molecule has 5 nitrogen and oxygen atoms in total.